The molecular formula is C18H22FN3O3. The number of aliphatic hydroxyl groups excluding tert-OH is 1. The fraction of sp³-hybridized carbons (Fsp3) is 0.444. The van der Waals surface area contributed by atoms with Crippen molar-refractivity contribution >= 4 is 5.91 Å². The number of halogens is 1. The van der Waals surface area contributed by atoms with E-state index in [4.69, 9.17) is 4.74 Å². The lowest BCUT2D eigenvalue weighted by atomic mass is 10.1. The third-order valence-electron chi connectivity index (χ3n) is 4.39. The van der Waals surface area contributed by atoms with E-state index in [0.717, 1.165) is 0 Å². The van der Waals surface area contributed by atoms with Crippen LogP contribution in [-0.4, -0.2) is 50.8 Å². The smallest absolute Gasteiger partial charge is 0.224 e. The Hall–Kier alpha value is -2.41. The normalized spacial score (nSPS) is 21.0. The molecule has 1 aliphatic heterocycles. The van der Waals surface area contributed by atoms with Crippen LogP contribution >= 0.6 is 0 Å². The second-order valence-electron chi connectivity index (χ2n) is 6.19. The zero-order valence-electron chi connectivity index (χ0n) is 13.9. The fourth-order valence-corrected chi connectivity index (χ4v) is 2.97. The van der Waals surface area contributed by atoms with Gasteiger partial charge in [0.05, 0.1) is 12.4 Å². The number of nitrogens with zero attached hydrogens (tertiary/aromatic N) is 3. The first-order chi connectivity index (χ1) is 12.1. The molecule has 1 aromatic heterocycles. The van der Waals surface area contributed by atoms with Crippen LogP contribution in [0, 0.1) is 5.82 Å². The molecule has 0 unspecified atom stereocenters. The Kier molecular flexibility index (Phi) is 5.65. The zero-order valence-corrected chi connectivity index (χ0v) is 13.9. The van der Waals surface area contributed by atoms with Crippen molar-refractivity contribution in [2.75, 3.05) is 13.1 Å². The van der Waals surface area contributed by atoms with Crippen LogP contribution in [0.1, 0.15) is 19.3 Å². The minimum atomic E-state index is -0.685. The van der Waals surface area contributed by atoms with Gasteiger partial charge in [0, 0.05) is 50.9 Å². The molecule has 1 fully saturated rings. The standard InChI is InChI=1S/C18H22FN3O3/c19-14-2-1-3-15(12-14)25-17-5-10-22(9-4-16(17)23)18(24)6-8-21-11-7-20-13-21/h1-3,7,11-13,16-17,23H,4-6,8-10H2/t16-,17-/m0/s1. The molecule has 134 valence electrons. The number of carbonyl (C=O) groups excluding carboxylic acids is 1. The summed E-state index contributed by atoms with van der Waals surface area (Å²) in [6.45, 7) is 1.59. The largest absolute Gasteiger partial charge is 0.488 e. The topological polar surface area (TPSA) is 67.6 Å². The second kappa shape index (κ2) is 8.11. The van der Waals surface area contributed by atoms with Crippen molar-refractivity contribution in [1.82, 2.24) is 14.5 Å². The van der Waals surface area contributed by atoms with Gasteiger partial charge < -0.3 is 19.3 Å². The summed E-state index contributed by atoms with van der Waals surface area (Å²) in [5.41, 5.74) is 0. The number of ether oxygens (including phenoxy) is 1. The van der Waals surface area contributed by atoms with Gasteiger partial charge in [-0.05, 0) is 18.6 Å². The molecule has 1 N–H and O–H groups in total. The lowest BCUT2D eigenvalue weighted by Gasteiger charge is -2.22. The molecule has 6 nitrogen and oxygen atoms in total. The first kappa shape index (κ1) is 17.4. The number of carbonyl (C=O) groups is 1. The predicted molar refractivity (Wildman–Crippen MR) is 89.5 cm³/mol. The number of imidazole rings is 1. The van der Waals surface area contributed by atoms with Gasteiger partial charge in [0.1, 0.15) is 17.7 Å². The molecule has 0 radical (unpaired) electrons. The molecule has 1 aromatic carbocycles. The van der Waals surface area contributed by atoms with Crippen molar-refractivity contribution < 1.29 is 19.0 Å². The van der Waals surface area contributed by atoms with Gasteiger partial charge in [0.25, 0.3) is 0 Å². The van der Waals surface area contributed by atoms with Gasteiger partial charge in [-0.3, -0.25) is 4.79 Å². The molecule has 3 rings (SSSR count). The van der Waals surface area contributed by atoms with Crippen LogP contribution in [0.2, 0.25) is 0 Å². The van der Waals surface area contributed by atoms with Gasteiger partial charge in [-0.2, -0.15) is 0 Å². The van der Waals surface area contributed by atoms with E-state index in [1.807, 2.05) is 10.8 Å². The average Bonchev–Trinajstić information content (AvgIpc) is 3.05. The van der Waals surface area contributed by atoms with E-state index in [2.05, 4.69) is 4.98 Å². The Balaban J connectivity index is 1.54. The van der Waals surface area contributed by atoms with Gasteiger partial charge in [-0.25, -0.2) is 9.37 Å². The third kappa shape index (κ3) is 4.79. The van der Waals surface area contributed by atoms with Gasteiger partial charge in [0.15, 0.2) is 0 Å². The Morgan fingerprint density at radius 1 is 1.36 bits per heavy atom. The van der Waals surface area contributed by atoms with Crippen molar-refractivity contribution in [3.63, 3.8) is 0 Å². The lowest BCUT2D eigenvalue weighted by molar-refractivity contribution is -0.131. The highest BCUT2D eigenvalue weighted by atomic mass is 19.1. The molecule has 0 saturated carbocycles. The van der Waals surface area contributed by atoms with E-state index in [1.165, 1.54) is 12.1 Å². The Labute approximate surface area is 145 Å². The molecule has 0 spiro atoms. The molecule has 1 saturated heterocycles. The Morgan fingerprint density at radius 3 is 2.96 bits per heavy atom. The number of hydrogen-bond acceptors (Lipinski definition) is 4. The van der Waals surface area contributed by atoms with E-state index in [9.17, 15) is 14.3 Å². The summed E-state index contributed by atoms with van der Waals surface area (Å²) >= 11 is 0. The zero-order chi connectivity index (χ0) is 17.6. The molecule has 7 heteroatoms. The molecule has 2 heterocycles. The van der Waals surface area contributed by atoms with Gasteiger partial charge >= 0.3 is 0 Å². The van der Waals surface area contributed by atoms with Gasteiger partial charge in [-0.1, -0.05) is 6.07 Å². The number of amides is 1. The monoisotopic (exact) mass is 347 g/mol. The molecule has 1 aliphatic rings. The summed E-state index contributed by atoms with van der Waals surface area (Å²) in [6, 6.07) is 5.87. The summed E-state index contributed by atoms with van der Waals surface area (Å²) < 4.78 is 20.9. The van der Waals surface area contributed by atoms with E-state index in [-0.39, 0.29) is 11.7 Å². The number of aromatic nitrogens is 2. The Bertz CT molecular complexity index is 693. The van der Waals surface area contributed by atoms with Crippen molar-refractivity contribution in [1.29, 1.82) is 0 Å². The van der Waals surface area contributed by atoms with Crippen LogP contribution in [0.25, 0.3) is 0 Å². The number of hydrogen-bond donors (Lipinski definition) is 1. The van der Waals surface area contributed by atoms with Crippen LogP contribution in [0.5, 0.6) is 5.75 Å². The van der Waals surface area contributed by atoms with Crippen molar-refractivity contribution in [3.05, 3.63) is 48.8 Å². The molecule has 25 heavy (non-hydrogen) atoms. The quantitative estimate of drug-likeness (QED) is 0.896. The maximum atomic E-state index is 13.3. The van der Waals surface area contributed by atoms with E-state index in [1.54, 1.807) is 29.6 Å². The number of likely N-dealkylation sites (tertiary alicyclic amines) is 1. The lowest BCUT2D eigenvalue weighted by Crippen LogP contribution is -2.33. The predicted octanol–water partition coefficient (Wildman–Crippen LogP) is 1.84. The molecule has 0 aliphatic carbocycles. The summed E-state index contributed by atoms with van der Waals surface area (Å²) in [4.78, 5) is 18.1. The van der Waals surface area contributed by atoms with Crippen molar-refractivity contribution in [2.45, 2.75) is 38.0 Å². The second-order valence-corrected chi connectivity index (χ2v) is 6.19. The molecule has 0 bridgehead atoms. The maximum absolute atomic E-state index is 13.3. The minimum Gasteiger partial charge on any atom is -0.488 e. The summed E-state index contributed by atoms with van der Waals surface area (Å²) in [5, 5.41) is 10.3. The average molecular weight is 347 g/mol. The summed E-state index contributed by atoms with van der Waals surface area (Å²) in [5.74, 6) is 0.0631. The van der Waals surface area contributed by atoms with Crippen LogP contribution in [-0.2, 0) is 11.3 Å². The highest BCUT2D eigenvalue weighted by Crippen LogP contribution is 2.21. The molecule has 1 amide bonds. The van der Waals surface area contributed by atoms with Gasteiger partial charge in [0.2, 0.25) is 5.91 Å². The number of benzene rings is 1. The number of aliphatic hydroxyl groups is 1. The van der Waals surface area contributed by atoms with E-state index in [0.29, 0.717) is 44.6 Å². The fourth-order valence-electron chi connectivity index (χ4n) is 2.97. The van der Waals surface area contributed by atoms with Crippen LogP contribution in [0.15, 0.2) is 43.0 Å². The first-order valence-electron chi connectivity index (χ1n) is 8.45. The SMILES string of the molecule is O=C(CCn1ccnc1)N1CC[C@H](Oc2cccc(F)c2)[C@@H](O)CC1. The molecular weight excluding hydrogens is 325 g/mol. The summed E-state index contributed by atoms with van der Waals surface area (Å²) in [6.07, 6.45) is 5.39. The highest BCUT2D eigenvalue weighted by molar-refractivity contribution is 5.76. The Morgan fingerprint density at radius 2 is 2.20 bits per heavy atom. The van der Waals surface area contributed by atoms with Crippen molar-refractivity contribution in [3.8, 4) is 5.75 Å². The number of aryl methyl sites for hydroxylation is 1. The number of rotatable bonds is 5. The van der Waals surface area contributed by atoms with E-state index >= 15 is 0 Å². The summed E-state index contributed by atoms with van der Waals surface area (Å²) in [7, 11) is 0. The first-order valence-corrected chi connectivity index (χ1v) is 8.45. The van der Waals surface area contributed by atoms with Crippen LogP contribution in [0.4, 0.5) is 4.39 Å². The van der Waals surface area contributed by atoms with Crippen LogP contribution in [0.3, 0.4) is 0 Å². The van der Waals surface area contributed by atoms with E-state index < -0.39 is 12.2 Å². The minimum absolute atomic E-state index is 0.0484. The van der Waals surface area contributed by atoms with Crippen LogP contribution < -0.4 is 4.74 Å². The molecule has 2 aromatic rings. The molecule has 2 atom stereocenters. The highest BCUT2D eigenvalue weighted by Gasteiger charge is 2.28. The van der Waals surface area contributed by atoms with Gasteiger partial charge in [-0.15, -0.1) is 0 Å². The third-order valence-corrected chi connectivity index (χ3v) is 4.39. The van der Waals surface area contributed by atoms with Crippen molar-refractivity contribution in [2.24, 2.45) is 0 Å². The maximum Gasteiger partial charge on any atom is 0.224 e.